The maximum Gasteiger partial charge on any atom is 0.267 e. The molecule has 3 aromatic rings. The normalized spacial score (nSPS) is 12.5. The first-order chi connectivity index (χ1) is 10.5. The highest BCUT2D eigenvalue weighted by Crippen LogP contribution is 2.24. The lowest BCUT2D eigenvalue weighted by Crippen LogP contribution is -2.28. The summed E-state index contributed by atoms with van der Waals surface area (Å²) in [5.41, 5.74) is 6.03. The first kappa shape index (κ1) is 14.7. The van der Waals surface area contributed by atoms with Gasteiger partial charge in [0.05, 0.1) is 22.1 Å². The molecule has 0 radical (unpaired) electrons. The van der Waals surface area contributed by atoms with Crippen LogP contribution >= 0.6 is 11.6 Å². The Kier molecular flexibility index (Phi) is 3.68. The predicted octanol–water partition coefficient (Wildman–Crippen LogP) is 3.20. The quantitative estimate of drug-likeness (QED) is 0.789. The topological polar surface area (TPSA) is 60.9 Å². The number of hydrogen-bond donors (Lipinski definition) is 1. The van der Waals surface area contributed by atoms with Crippen molar-refractivity contribution >= 4 is 22.5 Å². The van der Waals surface area contributed by atoms with Crippen LogP contribution in [0, 0.1) is 5.82 Å². The Labute approximate surface area is 131 Å². The lowest BCUT2D eigenvalue weighted by atomic mass is 10.2. The summed E-state index contributed by atoms with van der Waals surface area (Å²) < 4.78 is 15.4. The number of nitrogens with two attached hydrogens (primary N) is 1. The third-order valence-corrected chi connectivity index (χ3v) is 3.69. The largest absolute Gasteiger partial charge is 0.322 e. The number of benzene rings is 2. The molecule has 0 amide bonds. The Bertz CT molecular complexity index is 907. The van der Waals surface area contributed by atoms with Gasteiger partial charge in [-0.1, -0.05) is 29.8 Å². The fraction of sp³-hybridized carbons (Fsp3) is 0.125. The highest BCUT2D eigenvalue weighted by Gasteiger charge is 2.19. The van der Waals surface area contributed by atoms with Gasteiger partial charge in [0.25, 0.3) is 5.56 Å². The van der Waals surface area contributed by atoms with Crippen molar-refractivity contribution < 1.29 is 4.39 Å². The van der Waals surface area contributed by atoms with Crippen molar-refractivity contribution in [1.29, 1.82) is 0 Å². The summed E-state index contributed by atoms with van der Waals surface area (Å²) in [6, 6.07) is 10.9. The molecule has 0 aliphatic carbocycles. The van der Waals surface area contributed by atoms with Crippen LogP contribution in [0.5, 0.6) is 0 Å². The molecule has 0 unspecified atom stereocenters. The monoisotopic (exact) mass is 317 g/mol. The van der Waals surface area contributed by atoms with Gasteiger partial charge in [-0.25, -0.2) is 9.37 Å². The number of halogens is 2. The van der Waals surface area contributed by atoms with Gasteiger partial charge in [0, 0.05) is 0 Å². The highest BCUT2D eigenvalue weighted by molar-refractivity contribution is 6.35. The van der Waals surface area contributed by atoms with Gasteiger partial charge in [-0.2, -0.15) is 0 Å². The molecule has 4 nitrogen and oxygen atoms in total. The number of para-hydroxylation sites is 1. The summed E-state index contributed by atoms with van der Waals surface area (Å²) >= 11 is 6.07. The summed E-state index contributed by atoms with van der Waals surface area (Å²) in [4.78, 5) is 17.1. The Morgan fingerprint density at radius 1 is 1.23 bits per heavy atom. The second-order valence-corrected chi connectivity index (χ2v) is 5.39. The van der Waals surface area contributed by atoms with Crippen molar-refractivity contribution in [3.8, 4) is 5.69 Å². The summed E-state index contributed by atoms with van der Waals surface area (Å²) in [5.74, 6) is -0.316. The van der Waals surface area contributed by atoms with Gasteiger partial charge in [-0.05, 0) is 31.2 Å². The highest BCUT2D eigenvalue weighted by atomic mass is 35.5. The van der Waals surface area contributed by atoms with Gasteiger partial charge in [0.15, 0.2) is 0 Å². The van der Waals surface area contributed by atoms with Gasteiger partial charge in [-0.3, -0.25) is 9.36 Å². The molecule has 0 fully saturated rings. The predicted molar refractivity (Wildman–Crippen MR) is 84.9 cm³/mol. The van der Waals surface area contributed by atoms with Crippen LogP contribution < -0.4 is 11.3 Å². The molecule has 3 rings (SSSR count). The van der Waals surface area contributed by atoms with Crippen LogP contribution in [0.25, 0.3) is 16.6 Å². The zero-order chi connectivity index (χ0) is 15.9. The van der Waals surface area contributed by atoms with Crippen LogP contribution in [0.1, 0.15) is 18.8 Å². The summed E-state index contributed by atoms with van der Waals surface area (Å²) in [5, 5.41) is 0.213. The van der Waals surface area contributed by atoms with Gasteiger partial charge >= 0.3 is 0 Å². The van der Waals surface area contributed by atoms with Crippen LogP contribution in [0.15, 0.2) is 47.3 Å². The number of hydrogen-bond acceptors (Lipinski definition) is 3. The first-order valence-corrected chi connectivity index (χ1v) is 7.10. The first-order valence-electron chi connectivity index (χ1n) is 6.72. The smallest absolute Gasteiger partial charge is 0.267 e. The van der Waals surface area contributed by atoms with Crippen molar-refractivity contribution in [2.75, 3.05) is 0 Å². The summed E-state index contributed by atoms with van der Waals surface area (Å²) in [7, 11) is 0. The molecular weight excluding hydrogens is 305 g/mol. The molecule has 22 heavy (non-hydrogen) atoms. The molecule has 6 heteroatoms. The fourth-order valence-electron chi connectivity index (χ4n) is 2.37. The van der Waals surface area contributed by atoms with Crippen molar-refractivity contribution in [1.82, 2.24) is 9.55 Å². The molecule has 0 saturated carbocycles. The summed E-state index contributed by atoms with van der Waals surface area (Å²) in [6.45, 7) is 1.69. The SMILES string of the molecule is C[C@H](N)c1nc2c(F)ccc(Cl)c2c(=O)n1-c1ccccc1. The molecule has 0 aliphatic rings. The van der Waals surface area contributed by atoms with E-state index >= 15 is 0 Å². The molecule has 2 aromatic carbocycles. The van der Waals surface area contributed by atoms with Crippen molar-refractivity contribution in [3.63, 3.8) is 0 Å². The second kappa shape index (κ2) is 5.51. The zero-order valence-electron chi connectivity index (χ0n) is 11.8. The van der Waals surface area contributed by atoms with Crippen LogP contribution in [-0.4, -0.2) is 9.55 Å². The zero-order valence-corrected chi connectivity index (χ0v) is 12.5. The minimum absolute atomic E-state index is 0.0509. The maximum absolute atomic E-state index is 14.0. The number of rotatable bonds is 2. The molecule has 1 heterocycles. The molecule has 1 aromatic heterocycles. The minimum Gasteiger partial charge on any atom is -0.322 e. The lowest BCUT2D eigenvalue weighted by Gasteiger charge is -2.16. The van der Waals surface area contributed by atoms with Gasteiger partial charge in [0.2, 0.25) is 0 Å². The van der Waals surface area contributed by atoms with E-state index < -0.39 is 17.4 Å². The van der Waals surface area contributed by atoms with E-state index in [9.17, 15) is 9.18 Å². The third-order valence-electron chi connectivity index (χ3n) is 3.37. The molecule has 0 bridgehead atoms. The van der Waals surface area contributed by atoms with Gasteiger partial charge in [-0.15, -0.1) is 0 Å². The van der Waals surface area contributed by atoms with E-state index in [-0.39, 0.29) is 21.7 Å². The van der Waals surface area contributed by atoms with E-state index in [1.165, 1.54) is 16.7 Å². The van der Waals surface area contributed by atoms with Gasteiger partial charge in [0.1, 0.15) is 17.2 Å². The minimum atomic E-state index is -0.599. The molecule has 1 atom stereocenters. The van der Waals surface area contributed by atoms with Crippen molar-refractivity contribution in [2.24, 2.45) is 5.73 Å². The Hall–Kier alpha value is -2.24. The fourth-order valence-corrected chi connectivity index (χ4v) is 2.60. The Morgan fingerprint density at radius 2 is 1.91 bits per heavy atom. The van der Waals surface area contributed by atoms with E-state index in [1.807, 2.05) is 6.07 Å². The van der Waals surface area contributed by atoms with Crippen LogP contribution in [-0.2, 0) is 0 Å². The summed E-state index contributed by atoms with van der Waals surface area (Å²) in [6.07, 6.45) is 0. The van der Waals surface area contributed by atoms with Gasteiger partial charge < -0.3 is 5.73 Å². The molecule has 0 spiro atoms. The van der Waals surface area contributed by atoms with Crippen molar-refractivity contribution in [3.05, 3.63) is 69.5 Å². The molecule has 112 valence electrons. The van der Waals surface area contributed by atoms with Crippen LogP contribution in [0.4, 0.5) is 4.39 Å². The number of aromatic nitrogens is 2. The molecule has 0 aliphatic heterocycles. The number of fused-ring (bicyclic) bond motifs is 1. The standard InChI is InChI=1S/C16H13ClFN3O/c1-9(19)15-20-14-12(18)8-7-11(17)13(14)16(22)21(15)10-5-3-2-4-6-10/h2-9H,19H2,1H3/t9-/m0/s1. The van der Waals surface area contributed by atoms with Crippen molar-refractivity contribution in [2.45, 2.75) is 13.0 Å². The molecule has 2 N–H and O–H groups in total. The maximum atomic E-state index is 14.0. The second-order valence-electron chi connectivity index (χ2n) is 4.99. The van der Waals surface area contributed by atoms with E-state index in [4.69, 9.17) is 17.3 Å². The van der Waals surface area contributed by atoms with E-state index in [2.05, 4.69) is 4.98 Å². The van der Waals surface area contributed by atoms with Crippen LogP contribution in [0.2, 0.25) is 5.02 Å². The van der Waals surface area contributed by atoms with E-state index in [0.29, 0.717) is 5.69 Å². The van der Waals surface area contributed by atoms with Crippen LogP contribution in [0.3, 0.4) is 0 Å². The average molecular weight is 318 g/mol. The van der Waals surface area contributed by atoms with E-state index in [1.54, 1.807) is 31.2 Å². The van der Waals surface area contributed by atoms with E-state index in [0.717, 1.165) is 0 Å². The number of nitrogens with zero attached hydrogens (tertiary/aromatic N) is 2. The Morgan fingerprint density at radius 3 is 2.55 bits per heavy atom. The third kappa shape index (κ3) is 2.28. The lowest BCUT2D eigenvalue weighted by molar-refractivity contribution is 0.630. The molecule has 0 saturated heterocycles. The average Bonchev–Trinajstić information content (AvgIpc) is 2.51. The Balaban J connectivity index is 2.51. The molecular formula is C16H13ClFN3O.